The Morgan fingerprint density at radius 3 is 3.00 bits per heavy atom. The van der Waals surface area contributed by atoms with Gasteiger partial charge in [0.25, 0.3) is 0 Å². The molecule has 0 aromatic rings. The zero-order valence-electron chi connectivity index (χ0n) is 9.59. The number of rotatable bonds is 4. The van der Waals surface area contributed by atoms with E-state index >= 15 is 0 Å². The van der Waals surface area contributed by atoms with Crippen LogP contribution in [0.3, 0.4) is 0 Å². The molecule has 1 aliphatic rings. The number of thioether (sulfide) groups is 1. The predicted molar refractivity (Wildman–Crippen MR) is 65.3 cm³/mol. The van der Waals surface area contributed by atoms with Crippen molar-refractivity contribution < 1.29 is 4.79 Å². The molecule has 4 nitrogen and oxygen atoms in total. The van der Waals surface area contributed by atoms with Crippen LogP contribution in [0.1, 0.15) is 26.7 Å². The second kappa shape index (κ2) is 5.39. The molecule has 0 saturated carbocycles. The Kier molecular flexibility index (Phi) is 4.45. The Morgan fingerprint density at radius 1 is 1.73 bits per heavy atom. The van der Waals surface area contributed by atoms with Crippen molar-refractivity contribution in [2.45, 2.75) is 32.2 Å². The first-order valence-corrected chi connectivity index (χ1v) is 6.24. The summed E-state index contributed by atoms with van der Waals surface area (Å²) in [5.41, 5.74) is 0.177. The third-order valence-electron chi connectivity index (χ3n) is 2.59. The van der Waals surface area contributed by atoms with Gasteiger partial charge in [-0.15, -0.1) is 0 Å². The first kappa shape index (κ1) is 12.4. The first-order valence-electron chi connectivity index (χ1n) is 5.25. The fourth-order valence-electron chi connectivity index (χ4n) is 1.22. The van der Waals surface area contributed by atoms with E-state index in [2.05, 4.69) is 29.5 Å². The fraction of sp³-hybridized carbons (Fsp3) is 0.800. The van der Waals surface area contributed by atoms with Gasteiger partial charge in [-0.1, -0.05) is 18.7 Å². The molecule has 0 bridgehead atoms. The molecular formula is C10H19N3OS. The van der Waals surface area contributed by atoms with E-state index in [1.54, 1.807) is 18.8 Å². The van der Waals surface area contributed by atoms with E-state index in [0.29, 0.717) is 13.0 Å². The van der Waals surface area contributed by atoms with Gasteiger partial charge in [0, 0.05) is 24.8 Å². The van der Waals surface area contributed by atoms with Gasteiger partial charge >= 0.3 is 0 Å². The smallest absolute Gasteiger partial charge is 0.221 e. The second-order valence-corrected chi connectivity index (χ2v) is 4.90. The lowest BCUT2D eigenvalue weighted by Crippen LogP contribution is -2.39. The minimum atomic E-state index is 0.0422. The van der Waals surface area contributed by atoms with Gasteiger partial charge in [-0.3, -0.25) is 9.79 Å². The molecule has 0 aliphatic carbocycles. The molecule has 1 heterocycles. The lowest BCUT2D eigenvalue weighted by molar-refractivity contribution is -0.120. The molecule has 2 N–H and O–H groups in total. The zero-order chi connectivity index (χ0) is 11.3. The first-order chi connectivity index (χ1) is 7.09. The number of hydrogen-bond donors (Lipinski definition) is 2. The van der Waals surface area contributed by atoms with Crippen LogP contribution in [-0.2, 0) is 4.79 Å². The van der Waals surface area contributed by atoms with Gasteiger partial charge < -0.3 is 10.6 Å². The van der Waals surface area contributed by atoms with Crippen LogP contribution in [0.15, 0.2) is 4.99 Å². The van der Waals surface area contributed by atoms with Crippen LogP contribution in [0.2, 0.25) is 0 Å². The van der Waals surface area contributed by atoms with Crippen molar-refractivity contribution in [2.75, 3.05) is 19.3 Å². The summed E-state index contributed by atoms with van der Waals surface area (Å²) in [5, 5.41) is 6.95. The quantitative estimate of drug-likeness (QED) is 0.755. The maximum Gasteiger partial charge on any atom is 0.221 e. The zero-order valence-corrected chi connectivity index (χ0v) is 10.4. The van der Waals surface area contributed by atoms with E-state index in [1.165, 1.54) is 0 Å². The molecule has 15 heavy (non-hydrogen) atoms. The van der Waals surface area contributed by atoms with Crippen molar-refractivity contribution in [1.82, 2.24) is 10.6 Å². The average Bonchev–Trinajstić information content (AvgIpc) is 2.61. The van der Waals surface area contributed by atoms with E-state index in [9.17, 15) is 4.79 Å². The van der Waals surface area contributed by atoms with Gasteiger partial charge in [-0.25, -0.2) is 0 Å². The molecule has 1 rings (SSSR count). The summed E-state index contributed by atoms with van der Waals surface area (Å²) in [7, 11) is 1.65. The minimum Gasteiger partial charge on any atom is -0.359 e. The van der Waals surface area contributed by atoms with E-state index < -0.39 is 0 Å². The van der Waals surface area contributed by atoms with Gasteiger partial charge in [0.15, 0.2) is 5.17 Å². The summed E-state index contributed by atoms with van der Waals surface area (Å²) in [5.74, 6) is 1.10. The highest BCUT2D eigenvalue weighted by atomic mass is 32.2. The third-order valence-corrected chi connectivity index (χ3v) is 3.88. The predicted octanol–water partition coefficient (Wildman–Crippen LogP) is 0.984. The molecule has 1 fully saturated rings. The largest absolute Gasteiger partial charge is 0.359 e. The number of nitrogens with one attached hydrogen (secondary N) is 2. The van der Waals surface area contributed by atoms with Crippen molar-refractivity contribution in [2.24, 2.45) is 4.99 Å². The molecule has 0 aromatic carbocycles. The van der Waals surface area contributed by atoms with Gasteiger partial charge in [0.2, 0.25) is 5.91 Å². The van der Waals surface area contributed by atoms with Crippen molar-refractivity contribution >= 4 is 22.8 Å². The Hall–Kier alpha value is -0.710. The summed E-state index contributed by atoms with van der Waals surface area (Å²) >= 11 is 1.74. The standard InChI is InChI=1S/C10H19N3OS/c1-4-10(2)7-15-9(13-10)12-6-5-8(14)11-3/h4-7H2,1-3H3,(H,11,14)(H,12,13). The topological polar surface area (TPSA) is 53.5 Å². The highest BCUT2D eigenvalue weighted by Crippen LogP contribution is 2.25. The van der Waals surface area contributed by atoms with Crippen LogP contribution < -0.4 is 10.6 Å². The summed E-state index contributed by atoms with van der Waals surface area (Å²) in [4.78, 5) is 15.3. The van der Waals surface area contributed by atoms with E-state index in [1.807, 2.05) is 0 Å². The number of hydrogen-bond acceptors (Lipinski definition) is 3. The Balaban J connectivity index is 2.34. The molecule has 5 heteroatoms. The summed E-state index contributed by atoms with van der Waals surface area (Å²) in [6.45, 7) is 4.93. The molecule has 1 saturated heterocycles. The summed E-state index contributed by atoms with van der Waals surface area (Å²) in [6, 6.07) is 0. The molecule has 0 spiro atoms. The molecule has 1 unspecified atom stereocenters. The van der Waals surface area contributed by atoms with Gasteiger partial charge in [-0.05, 0) is 13.3 Å². The molecule has 0 radical (unpaired) electrons. The normalized spacial score (nSPS) is 27.8. The SMILES string of the molecule is CCC1(C)CSC(=NCCC(=O)NC)N1. The van der Waals surface area contributed by atoms with Crippen molar-refractivity contribution in [1.29, 1.82) is 0 Å². The van der Waals surface area contributed by atoms with Crippen LogP contribution in [0.4, 0.5) is 0 Å². The van der Waals surface area contributed by atoms with Crippen molar-refractivity contribution in [3.05, 3.63) is 0 Å². The summed E-state index contributed by atoms with van der Waals surface area (Å²) in [6.07, 6.45) is 1.56. The number of amides is 1. The number of carbonyl (C=O) groups is 1. The maximum absolute atomic E-state index is 11.0. The summed E-state index contributed by atoms with van der Waals surface area (Å²) < 4.78 is 0. The Labute approximate surface area is 95.3 Å². The Morgan fingerprint density at radius 2 is 2.47 bits per heavy atom. The van der Waals surface area contributed by atoms with Gasteiger partial charge in [0.05, 0.1) is 6.54 Å². The monoisotopic (exact) mass is 229 g/mol. The van der Waals surface area contributed by atoms with Crippen LogP contribution in [0, 0.1) is 0 Å². The molecule has 86 valence electrons. The molecule has 1 atom stereocenters. The van der Waals surface area contributed by atoms with Crippen LogP contribution in [0.25, 0.3) is 0 Å². The van der Waals surface area contributed by atoms with Crippen LogP contribution >= 0.6 is 11.8 Å². The Bertz CT molecular complexity index is 267. The van der Waals surface area contributed by atoms with Crippen LogP contribution in [-0.4, -0.2) is 36.0 Å². The maximum atomic E-state index is 11.0. The number of carbonyl (C=O) groups excluding carboxylic acids is 1. The fourth-order valence-corrected chi connectivity index (χ4v) is 2.45. The van der Waals surface area contributed by atoms with E-state index in [0.717, 1.165) is 17.3 Å². The van der Waals surface area contributed by atoms with E-state index in [-0.39, 0.29) is 11.4 Å². The van der Waals surface area contributed by atoms with Gasteiger partial charge in [0.1, 0.15) is 0 Å². The minimum absolute atomic E-state index is 0.0422. The van der Waals surface area contributed by atoms with E-state index in [4.69, 9.17) is 0 Å². The van der Waals surface area contributed by atoms with Gasteiger partial charge in [-0.2, -0.15) is 0 Å². The molecular weight excluding hydrogens is 210 g/mol. The lowest BCUT2D eigenvalue weighted by atomic mass is 10.0. The molecule has 1 amide bonds. The number of nitrogens with zero attached hydrogens (tertiary/aromatic N) is 1. The van der Waals surface area contributed by atoms with Crippen LogP contribution in [0.5, 0.6) is 0 Å². The third kappa shape index (κ3) is 3.74. The highest BCUT2D eigenvalue weighted by molar-refractivity contribution is 8.14. The molecule has 1 aliphatic heterocycles. The number of aliphatic imine (C=N–C) groups is 1. The lowest BCUT2D eigenvalue weighted by Gasteiger charge is -2.20. The molecule has 0 aromatic heterocycles. The van der Waals surface area contributed by atoms with Crippen molar-refractivity contribution in [3.8, 4) is 0 Å². The average molecular weight is 229 g/mol. The number of amidine groups is 1. The van der Waals surface area contributed by atoms with Crippen molar-refractivity contribution in [3.63, 3.8) is 0 Å². The highest BCUT2D eigenvalue weighted by Gasteiger charge is 2.30. The second-order valence-electron chi connectivity index (χ2n) is 3.94.